The number of Topliss-reactive ketones (excluding diaryl/α,β-unsaturated/α-hetero) is 1. The van der Waals surface area contributed by atoms with Crippen molar-refractivity contribution in [3.8, 4) is 0 Å². The summed E-state index contributed by atoms with van der Waals surface area (Å²) in [5.74, 6) is 0.956. The molecule has 0 atom stereocenters. The maximum Gasteiger partial charge on any atom is 0.227 e. The second kappa shape index (κ2) is 6.69. The summed E-state index contributed by atoms with van der Waals surface area (Å²) in [5, 5.41) is 9.45. The van der Waals surface area contributed by atoms with Crippen LogP contribution in [0.15, 0.2) is 34.9 Å². The van der Waals surface area contributed by atoms with Gasteiger partial charge in [-0.15, -0.1) is 0 Å². The molecule has 0 fully saturated rings. The predicted octanol–water partition coefficient (Wildman–Crippen LogP) is 2.63. The molecule has 21 heavy (non-hydrogen) atoms. The first kappa shape index (κ1) is 14.8. The highest BCUT2D eigenvalue weighted by Gasteiger charge is 2.06. The largest absolute Gasteiger partial charge is 0.385 e. The Balaban J connectivity index is 1.76. The van der Waals surface area contributed by atoms with E-state index in [1.54, 1.807) is 25.1 Å². The van der Waals surface area contributed by atoms with Gasteiger partial charge in [0, 0.05) is 30.3 Å². The molecule has 2 rings (SSSR count). The standard InChI is InChI=1S/C15H17N3O3/c1-10-9-14(18-21-10)17-15(20)7-8-16-13-5-3-12(4-6-13)11(2)19/h3-6,9,16H,7-8H2,1-2H3,(H,17,18,20). The zero-order valence-electron chi connectivity index (χ0n) is 12.0. The lowest BCUT2D eigenvalue weighted by molar-refractivity contribution is -0.116. The Hall–Kier alpha value is -2.63. The van der Waals surface area contributed by atoms with Crippen molar-refractivity contribution >= 4 is 23.2 Å². The predicted molar refractivity (Wildman–Crippen MR) is 79.4 cm³/mol. The zero-order valence-corrected chi connectivity index (χ0v) is 12.0. The quantitative estimate of drug-likeness (QED) is 0.798. The molecule has 2 aromatic rings. The smallest absolute Gasteiger partial charge is 0.227 e. The van der Waals surface area contributed by atoms with Gasteiger partial charge in [-0.05, 0) is 38.1 Å². The number of anilines is 2. The lowest BCUT2D eigenvalue weighted by Crippen LogP contribution is -2.16. The van der Waals surface area contributed by atoms with Gasteiger partial charge < -0.3 is 15.2 Å². The third kappa shape index (κ3) is 4.45. The molecule has 1 heterocycles. The number of benzene rings is 1. The lowest BCUT2D eigenvalue weighted by Gasteiger charge is -2.06. The van der Waals surface area contributed by atoms with Gasteiger partial charge in [-0.25, -0.2) is 0 Å². The molecule has 0 radical (unpaired) electrons. The molecule has 2 N–H and O–H groups in total. The summed E-state index contributed by atoms with van der Waals surface area (Å²) in [6, 6.07) is 8.79. The summed E-state index contributed by atoms with van der Waals surface area (Å²) in [4.78, 5) is 22.8. The number of nitrogens with one attached hydrogen (secondary N) is 2. The molecule has 1 aromatic heterocycles. The summed E-state index contributed by atoms with van der Waals surface area (Å²) in [5.41, 5.74) is 1.53. The highest BCUT2D eigenvalue weighted by Crippen LogP contribution is 2.10. The van der Waals surface area contributed by atoms with Gasteiger partial charge in [-0.1, -0.05) is 5.16 Å². The molecule has 0 aliphatic carbocycles. The van der Waals surface area contributed by atoms with Crippen LogP contribution in [-0.4, -0.2) is 23.4 Å². The molecule has 0 unspecified atom stereocenters. The van der Waals surface area contributed by atoms with E-state index in [1.807, 2.05) is 12.1 Å². The van der Waals surface area contributed by atoms with Gasteiger partial charge in [0.15, 0.2) is 11.6 Å². The first-order valence-electron chi connectivity index (χ1n) is 6.62. The summed E-state index contributed by atoms with van der Waals surface area (Å²) < 4.78 is 4.86. The Kier molecular flexibility index (Phi) is 4.71. The van der Waals surface area contributed by atoms with Crippen molar-refractivity contribution < 1.29 is 14.1 Å². The van der Waals surface area contributed by atoms with Crippen LogP contribution in [0.4, 0.5) is 11.5 Å². The molecular weight excluding hydrogens is 270 g/mol. The van der Waals surface area contributed by atoms with E-state index >= 15 is 0 Å². The fraction of sp³-hybridized carbons (Fsp3) is 0.267. The number of aryl methyl sites for hydroxylation is 1. The van der Waals surface area contributed by atoms with Crippen LogP contribution in [0.5, 0.6) is 0 Å². The summed E-state index contributed by atoms with van der Waals surface area (Å²) in [6.45, 7) is 3.77. The normalized spacial score (nSPS) is 10.2. The van der Waals surface area contributed by atoms with Crippen LogP contribution in [0.2, 0.25) is 0 Å². The third-order valence-corrected chi connectivity index (χ3v) is 2.87. The fourth-order valence-corrected chi connectivity index (χ4v) is 1.77. The van der Waals surface area contributed by atoms with E-state index in [4.69, 9.17) is 4.52 Å². The summed E-state index contributed by atoms with van der Waals surface area (Å²) in [7, 11) is 0. The maximum atomic E-state index is 11.7. The minimum atomic E-state index is -0.142. The van der Waals surface area contributed by atoms with Gasteiger partial charge in [-0.2, -0.15) is 0 Å². The SMILES string of the molecule is CC(=O)c1ccc(NCCC(=O)Nc2cc(C)on2)cc1. The Morgan fingerprint density at radius 1 is 1.24 bits per heavy atom. The van der Waals surface area contributed by atoms with Gasteiger partial charge in [-0.3, -0.25) is 9.59 Å². The van der Waals surface area contributed by atoms with E-state index in [0.29, 0.717) is 30.1 Å². The van der Waals surface area contributed by atoms with Crippen LogP contribution >= 0.6 is 0 Å². The highest BCUT2D eigenvalue weighted by molar-refractivity contribution is 5.94. The average Bonchev–Trinajstić information content (AvgIpc) is 2.84. The van der Waals surface area contributed by atoms with Gasteiger partial charge in [0.1, 0.15) is 5.76 Å². The molecule has 6 nitrogen and oxygen atoms in total. The Morgan fingerprint density at radius 2 is 1.95 bits per heavy atom. The molecule has 0 bridgehead atoms. The minimum absolute atomic E-state index is 0.0313. The van der Waals surface area contributed by atoms with E-state index in [0.717, 1.165) is 5.69 Å². The number of amides is 1. The van der Waals surface area contributed by atoms with Gasteiger partial charge in [0.25, 0.3) is 0 Å². The fourth-order valence-electron chi connectivity index (χ4n) is 1.77. The molecule has 0 spiro atoms. The average molecular weight is 287 g/mol. The number of nitrogens with zero attached hydrogens (tertiary/aromatic N) is 1. The van der Waals surface area contributed by atoms with E-state index < -0.39 is 0 Å². The van der Waals surface area contributed by atoms with Crippen molar-refractivity contribution in [3.05, 3.63) is 41.7 Å². The lowest BCUT2D eigenvalue weighted by atomic mass is 10.1. The number of hydrogen-bond acceptors (Lipinski definition) is 5. The topological polar surface area (TPSA) is 84.2 Å². The zero-order chi connectivity index (χ0) is 15.2. The molecule has 0 aliphatic rings. The van der Waals surface area contributed by atoms with Crippen molar-refractivity contribution in [2.75, 3.05) is 17.2 Å². The van der Waals surface area contributed by atoms with E-state index in [9.17, 15) is 9.59 Å². The van der Waals surface area contributed by atoms with E-state index in [-0.39, 0.29) is 11.7 Å². The summed E-state index contributed by atoms with van der Waals surface area (Å²) in [6.07, 6.45) is 0.306. The van der Waals surface area contributed by atoms with Crippen LogP contribution in [0.3, 0.4) is 0 Å². The molecule has 0 aliphatic heterocycles. The van der Waals surface area contributed by atoms with Gasteiger partial charge >= 0.3 is 0 Å². The van der Waals surface area contributed by atoms with Crippen molar-refractivity contribution in [2.45, 2.75) is 20.3 Å². The van der Waals surface area contributed by atoms with E-state index in [1.165, 1.54) is 6.92 Å². The summed E-state index contributed by atoms with van der Waals surface area (Å²) >= 11 is 0. The number of rotatable bonds is 6. The second-order valence-corrected chi connectivity index (χ2v) is 4.68. The number of ketones is 1. The van der Waals surface area contributed by atoms with Crippen LogP contribution in [0, 0.1) is 6.92 Å². The van der Waals surface area contributed by atoms with Crippen molar-refractivity contribution in [2.24, 2.45) is 0 Å². The molecule has 0 saturated heterocycles. The Labute approximate surface area is 122 Å². The van der Waals surface area contributed by atoms with Crippen LogP contribution in [-0.2, 0) is 4.79 Å². The highest BCUT2D eigenvalue weighted by atomic mass is 16.5. The van der Waals surface area contributed by atoms with Crippen LogP contribution in [0.1, 0.15) is 29.5 Å². The second-order valence-electron chi connectivity index (χ2n) is 4.68. The molecule has 110 valence electrons. The Morgan fingerprint density at radius 3 is 2.52 bits per heavy atom. The van der Waals surface area contributed by atoms with Crippen molar-refractivity contribution in [3.63, 3.8) is 0 Å². The minimum Gasteiger partial charge on any atom is -0.385 e. The van der Waals surface area contributed by atoms with Crippen LogP contribution in [0.25, 0.3) is 0 Å². The van der Waals surface area contributed by atoms with Gasteiger partial charge in [0.2, 0.25) is 5.91 Å². The van der Waals surface area contributed by atoms with Crippen molar-refractivity contribution in [1.82, 2.24) is 5.16 Å². The number of hydrogen-bond donors (Lipinski definition) is 2. The first-order valence-corrected chi connectivity index (χ1v) is 6.62. The third-order valence-electron chi connectivity index (χ3n) is 2.87. The molecule has 1 aromatic carbocycles. The van der Waals surface area contributed by atoms with Crippen molar-refractivity contribution in [1.29, 1.82) is 0 Å². The molecular formula is C15H17N3O3. The molecule has 1 amide bonds. The molecule has 6 heteroatoms. The maximum absolute atomic E-state index is 11.7. The van der Waals surface area contributed by atoms with Crippen LogP contribution < -0.4 is 10.6 Å². The van der Waals surface area contributed by atoms with E-state index in [2.05, 4.69) is 15.8 Å². The number of carbonyl (C=O) groups is 2. The molecule has 0 saturated carbocycles. The number of aromatic nitrogens is 1. The first-order chi connectivity index (χ1) is 10.0. The number of carbonyl (C=O) groups excluding carboxylic acids is 2. The Bertz CT molecular complexity index is 632. The monoisotopic (exact) mass is 287 g/mol. The van der Waals surface area contributed by atoms with Gasteiger partial charge in [0.05, 0.1) is 0 Å².